The van der Waals surface area contributed by atoms with Gasteiger partial charge in [-0.05, 0) is 63.1 Å². The molecule has 6 aromatic rings. The molecular weight excluding hydrogens is 456 g/mol. The third kappa shape index (κ3) is 3.63. The van der Waals surface area contributed by atoms with Gasteiger partial charge in [0.05, 0.1) is 27.5 Å². The monoisotopic (exact) mass is 482 g/mol. The van der Waals surface area contributed by atoms with Gasteiger partial charge in [0.15, 0.2) is 0 Å². The van der Waals surface area contributed by atoms with E-state index in [0.29, 0.717) is 5.56 Å². The first kappa shape index (κ1) is 22.3. The molecule has 0 saturated carbocycles. The van der Waals surface area contributed by atoms with Crippen LogP contribution in [0.3, 0.4) is 0 Å². The Morgan fingerprint density at radius 1 is 0.667 bits per heavy atom. The molecule has 36 heavy (non-hydrogen) atoms. The summed E-state index contributed by atoms with van der Waals surface area (Å²) < 4.78 is 2.35. The summed E-state index contributed by atoms with van der Waals surface area (Å²) in [6.07, 6.45) is 0. The summed E-state index contributed by atoms with van der Waals surface area (Å²) >= 11 is 1.87. The van der Waals surface area contributed by atoms with E-state index in [4.69, 9.17) is 0 Å². The van der Waals surface area contributed by atoms with Gasteiger partial charge in [-0.3, -0.25) is 0 Å². The smallest absolute Gasteiger partial charge is 0.0992 e. The van der Waals surface area contributed by atoms with Crippen LogP contribution in [0.1, 0.15) is 27.8 Å². The molecule has 0 radical (unpaired) electrons. The van der Waals surface area contributed by atoms with Crippen LogP contribution in [0.4, 0.5) is 0 Å². The molecule has 2 heterocycles. The number of benzene rings is 4. The number of aryl methyl sites for hydroxylation is 4. The predicted octanol–water partition coefficient (Wildman–Crippen LogP) is 9.28. The zero-order valence-corrected chi connectivity index (χ0v) is 21.7. The second kappa shape index (κ2) is 8.52. The third-order valence-corrected chi connectivity index (χ3v) is 8.00. The van der Waals surface area contributed by atoms with Gasteiger partial charge in [0, 0.05) is 21.3 Å². The van der Waals surface area contributed by atoms with Crippen molar-refractivity contribution in [1.82, 2.24) is 4.57 Å². The second-order valence-corrected chi connectivity index (χ2v) is 10.8. The van der Waals surface area contributed by atoms with E-state index in [-0.39, 0.29) is 0 Å². The minimum Gasteiger partial charge on any atom is -0.308 e. The molecule has 0 spiro atoms. The quantitative estimate of drug-likeness (QED) is 0.247. The van der Waals surface area contributed by atoms with Crippen LogP contribution in [0.15, 0.2) is 84.9 Å². The van der Waals surface area contributed by atoms with E-state index in [1.165, 1.54) is 59.4 Å². The fourth-order valence-electron chi connectivity index (χ4n) is 5.46. The minimum atomic E-state index is 0.671. The first-order valence-corrected chi connectivity index (χ1v) is 13.0. The maximum Gasteiger partial charge on any atom is 0.0992 e. The number of hydrogen-bond acceptors (Lipinski definition) is 2. The van der Waals surface area contributed by atoms with Crippen LogP contribution in [-0.2, 0) is 0 Å². The van der Waals surface area contributed by atoms with Crippen molar-refractivity contribution in [2.75, 3.05) is 0 Å². The Morgan fingerprint density at radius 2 is 1.25 bits per heavy atom. The molecule has 2 nitrogen and oxygen atoms in total. The molecule has 0 amide bonds. The molecule has 6 rings (SSSR count). The largest absolute Gasteiger partial charge is 0.308 e. The Hall–Kier alpha value is -4.13. The van der Waals surface area contributed by atoms with E-state index in [9.17, 15) is 5.26 Å². The zero-order chi connectivity index (χ0) is 25.0. The highest BCUT2D eigenvalue weighted by molar-refractivity contribution is 7.21. The number of hydrogen-bond donors (Lipinski definition) is 0. The van der Waals surface area contributed by atoms with Crippen molar-refractivity contribution in [1.29, 1.82) is 5.26 Å². The van der Waals surface area contributed by atoms with Crippen LogP contribution >= 0.6 is 11.3 Å². The van der Waals surface area contributed by atoms with E-state index in [1.54, 1.807) is 0 Å². The molecule has 174 valence electrons. The maximum absolute atomic E-state index is 9.71. The average Bonchev–Trinajstić information content (AvgIpc) is 3.38. The van der Waals surface area contributed by atoms with E-state index in [2.05, 4.69) is 105 Å². The standard InChI is InChI=1S/C33H26N2S/c1-20-12-21(2)15-25(14-20)32-30-28-11-10-24(19-34)18-29(28)35(27-8-6-5-7-9-27)31(30)33(36-32)26-16-22(3)13-23(4)17-26/h5-18H,1-4H3. The molecule has 4 aromatic carbocycles. The predicted molar refractivity (Wildman–Crippen MR) is 153 cm³/mol. The highest BCUT2D eigenvalue weighted by Crippen LogP contribution is 2.49. The molecule has 0 aliphatic heterocycles. The van der Waals surface area contributed by atoms with Crippen molar-refractivity contribution in [3.63, 3.8) is 0 Å². The zero-order valence-electron chi connectivity index (χ0n) is 20.9. The van der Waals surface area contributed by atoms with Crippen LogP contribution < -0.4 is 0 Å². The molecule has 0 bridgehead atoms. The van der Waals surface area contributed by atoms with Gasteiger partial charge in [0.25, 0.3) is 0 Å². The molecule has 0 atom stereocenters. The highest BCUT2D eigenvalue weighted by atomic mass is 32.1. The second-order valence-electron chi connectivity index (χ2n) is 9.75. The highest BCUT2D eigenvalue weighted by Gasteiger charge is 2.24. The summed E-state index contributed by atoms with van der Waals surface area (Å²) in [5.41, 5.74) is 11.6. The van der Waals surface area contributed by atoms with Gasteiger partial charge >= 0.3 is 0 Å². The average molecular weight is 483 g/mol. The Labute approximate surface area is 215 Å². The number of aromatic nitrogens is 1. The van der Waals surface area contributed by atoms with Crippen LogP contribution in [0.2, 0.25) is 0 Å². The topological polar surface area (TPSA) is 28.7 Å². The molecule has 0 N–H and O–H groups in total. The van der Waals surface area contributed by atoms with Crippen molar-refractivity contribution in [2.24, 2.45) is 0 Å². The lowest BCUT2D eigenvalue weighted by Gasteiger charge is -2.10. The number of nitriles is 1. The fourth-order valence-corrected chi connectivity index (χ4v) is 6.73. The summed E-state index contributed by atoms with van der Waals surface area (Å²) in [7, 11) is 0. The van der Waals surface area contributed by atoms with Gasteiger partial charge in [-0.15, -0.1) is 11.3 Å². The molecular formula is C33H26N2S. The van der Waals surface area contributed by atoms with E-state index < -0.39 is 0 Å². The van der Waals surface area contributed by atoms with Crippen molar-refractivity contribution >= 4 is 33.1 Å². The third-order valence-electron chi connectivity index (χ3n) is 6.73. The van der Waals surface area contributed by atoms with Gasteiger partial charge in [-0.2, -0.15) is 5.26 Å². The van der Waals surface area contributed by atoms with E-state index >= 15 is 0 Å². The van der Waals surface area contributed by atoms with Crippen molar-refractivity contribution in [3.05, 3.63) is 113 Å². The molecule has 0 unspecified atom stereocenters. The first-order valence-electron chi connectivity index (χ1n) is 12.2. The summed E-state index contributed by atoms with van der Waals surface area (Å²) in [5, 5.41) is 12.1. The summed E-state index contributed by atoms with van der Waals surface area (Å²) in [6, 6.07) is 32.6. The van der Waals surface area contributed by atoms with Crippen LogP contribution in [0.5, 0.6) is 0 Å². The number of rotatable bonds is 3. The lowest BCUT2D eigenvalue weighted by atomic mass is 10.0. The van der Waals surface area contributed by atoms with Gasteiger partial charge in [0.1, 0.15) is 0 Å². The van der Waals surface area contributed by atoms with Crippen LogP contribution in [0, 0.1) is 39.0 Å². The van der Waals surface area contributed by atoms with Crippen LogP contribution in [-0.4, -0.2) is 4.57 Å². The molecule has 0 fully saturated rings. The summed E-state index contributed by atoms with van der Waals surface area (Å²) in [4.78, 5) is 2.53. The lowest BCUT2D eigenvalue weighted by Crippen LogP contribution is -1.94. The van der Waals surface area contributed by atoms with Gasteiger partial charge in [-0.25, -0.2) is 0 Å². The van der Waals surface area contributed by atoms with Gasteiger partial charge in [-0.1, -0.05) is 82.9 Å². The number of para-hydroxylation sites is 1. The first-order chi connectivity index (χ1) is 17.4. The number of thiophene rings is 1. The van der Waals surface area contributed by atoms with E-state index in [0.717, 1.165) is 11.2 Å². The van der Waals surface area contributed by atoms with Crippen molar-refractivity contribution < 1.29 is 0 Å². The fraction of sp³-hybridized carbons (Fsp3) is 0.121. The van der Waals surface area contributed by atoms with Crippen molar-refractivity contribution in [3.8, 4) is 32.6 Å². The summed E-state index contributed by atoms with van der Waals surface area (Å²) in [5.74, 6) is 0. The number of fused-ring (bicyclic) bond motifs is 3. The van der Waals surface area contributed by atoms with E-state index in [1.807, 2.05) is 29.5 Å². The maximum atomic E-state index is 9.71. The van der Waals surface area contributed by atoms with Gasteiger partial charge in [0.2, 0.25) is 0 Å². The molecule has 0 saturated heterocycles. The van der Waals surface area contributed by atoms with Crippen molar-refractivity contribution in [2.45, 2.75) is 27.7 Å². The Kier molecular flexibility index (Phi) is 5.29. The normalized spacial score (nSPS) is 11.3. The van der Waals surface area contributed by atoms with Gasteiger partial charge < -0.3 is 4.57 Å². The molecule has 0 aliphatic rings. The lowest BCUT2D eigenvalue weighted by molar-refractivity contribution is 1.18. The Morgan fingerprint density at radius 3 is 1.83 bits per heavy atom. The summed E-state index contributed by atoms with van der Waals surface area (Å²) in [6.45, 7) is 8.66. The Balaban J connectivity index is 1.84. The molecule has 2 aromatic heterocycles. The molecule has 0 aliphatic carbocycles. The SMILES string of the molecule is Cc1cc(C)cc(-c2sc(-c3cc(C)cc(C)c3)c3c2c2ccc(C#N)cc2n3-c2ccccc2)c1. The van der Waals surface area contributed by atoms with Crippen LogP contribution in [0.25, 0.3) is 48.4 Å². The number of nitrogens with zero attached hydrogens (tertiary/aromatic N) is 2. The molecule has 3 heteroatoms. The minimum absolute atomic E-state index is 0.671. The Bertz CT molecular complexity index is 1790.